The van der Waals surface area contributed by atoms with Gasteiger partial charge in [0.25, 0.3) is 0 Å². The molecule has 0 saturated carbocycles. The first-order chi connectivity index (χ1) is 9.58. The van der Waals surface area contributed by atoms with Gasteiger partial charge in [0.1, 0.15) is 5.01 Å². The summed E-state index contributed by atoms with van der Waals surface area (Å²) >= 11 is 1.25. The molecule has 2 amide bonds. The van der Waals surface area contributed by atoms with Gasteiger partial charge in [0.15, 0.2) is 5.69 Å². The molecule has 7 heteroatoms. The summed E-state index contributed by atoms with van der Waals surface area (Å²) in [5, 5.41) is 13.8. The molecule has 2 heterocycles. The molecule has 20 heavy (non-hydrogen) atoms. The molecule has 0 radical (unpaired) electrons. The Morgan fingerprint density at radius 1 is 1.35 bits per heavy atom. The fourth-order valence-electron chi connectivity index (χ4n) is 2.20. The number of carbonyl (C=O) groups excluding carboxylic acids is 1. The van der Waals surface area contributed by atoms with Crippen molar-refractivity contribution in [2.45, 2.75) is 38.6 Å². The molecule has 0 spiro atoms. The Bertz CT molecular complexity index is 481. The normalized spacial score (nSPS) is 17.4. The fourth-order valence-corrected chi connectivity index (χ4v) is 3.00. The van der Waals surface area contributed by atoms with Crippen molar-refractivity contribution in [3.63, 3.8) is 0 Å². The van der Waals surface area contributed by atoms with Gasteiger partial charge < -0.3 is 15.3 Å². The summed E-state index contributed by atoms with van der Waals surface area (Å²) in [6, 6.07) is -0.365. The highest BCUT2D eigenvalue weighted by molar-refractivity contribution is 7.09. The van der Waals surface area contributed by atoms with E-state index in [1.807, 2.05) is 11.8 Å². The number of rotatable bonds is 3. The maximum absolute atomic E-state index is 12.2. The molecule has 1 saturated heterocycles. The number of nitrogens with zero attached hydrogens (tertiary/aromatic N) is 2. The molecule has 6 nitrogen and oxygen atoms in total. The molecular weight excluding hydrogens is 278 g/mol. The largest absolute Gasteiger partial charge is 0.476 e. The van der Waals surface area contributed by atoms with E-state index in [-0.39, 0.29) is 17.8 Å². The van der Waals surface area contributed by atoms with Crippen molar-refractivity contribution < 1.29 is 14.7 Å². The van der Waals surface area contributed by atoms with E-state index in [4.69, 9.17) is 5.11 Å². The number of aromatic carboxylic acids is 1. The summed E-state index contributed by atoms with van der Waals surface area (Å²) in [4.78, 5) is 28.8. The smallest absolute Gasteiger partial charge is 0.355 e. The fraction of sp³-hybridized carbons (Fsp3) is 0.615. The van der Waals surface area contributed by atoms with Gasteiger partial charge in [0, 0.05) is 18.5 Å². The van der Waals surface area contributed by atoms with Crippen LogP contribution in [-0.4, -0.2) is 40.1 Å². The van der Waals surface area contributed by atoms with Gasteiger partial charge in [-0.2, -0.15) is 0 Å². The van der Waals surface area contributed by atoms with Crippen LogP contribution in [0.4, 0.5) is 4.79 Å². The molecule has 2 N–H and O–H groups in total. The van der Waals surface area contributed by atoms with Crippen LogP contribution in [0.25, 0.3) is 0 Å². The van der Waals surface area contributed by atoms with Crippen LogP contribution in [0.3, 0.4) is 0 Å². The molecule has 1 fully saturated rings. The number of carbonyl (C=O) groups is 2. The number of hydrogen-bond acceptors (Lipinski definition) is 4. The number of urea groups is 1. The summed E-state index contributed by atoms with van der Waals surface area (Å²) in [5.41, 5.74) is 0.0286. The highest BCUT2D eigenvalue weighted by atomic mass is 32.1. The molecule has 0 aromatic carbocycles. The maximum Gasteiger partial charge on any atom is 0.355 e. The highest BCUT2D eigenvalue weighted by Gasteiger charge is 2.20. The topological polar surface area (TPSA) is 82.5 Å². The van der Waals surface area contributed by atoms with E-state index in [0.29, 0.717) is 5.01 Å². The van der Waals surface area contributed by atoms with Gasteiger partial charge in [0.2, 0.25) is 0 Å². The van der Waals surface area contributed by atoms with Crippen LogP contribution in [0.2, 0.25) is 0 Å². The van der Waals surface area contributed by atoms with Crippen LogP contribution < -0.4 is 5.32 Å². The van der Waals surface area contributed by atoms with Crippen LogP contribution in [0.5, 0.6) is 0 Å². The van der Waals surface area contributed by atoms with Gasteiger partial charge in [-0.1, -0.05) is 12.8 Å². The predicted molar refractivity (Wildman–Crippen MR) is 76.1 cm³/mol. The first kappa shape index (κ1) is 14.8. The molecule has 1 aliphatic rings. The zero-order valence-corrected chi connectivity index (χ0v) is 12.3. The number of thiazole rings is 1. The summed E-state index contributed by atoms with van der Waals surface area (Å²) in [6.45, 7) is 3.40. The van der Waals surface area contributed by atoms with Gasteiger partial charge >= 0.3 is 12.0 Å². The van der Waals surface area contributed by atoms with Crippen molar-refractivity contribution in [3.05, 3.63) is 16.1 Å². The predicted octanol–water partition coefficient (Wildman–Crippen LogP) is 2.49. The van der Waals surface area contributed by atoms with E-state index in [9.17, 15) is 9.59 Å². The van der Waals surface area contributed by atoms with Gasteiger partial charge in [-0.15, -0.1) is 11.3 Å². The van der Waals surface area contributed by atoms with Gasteiger partial charge in [-0.05, 0) is 19.8 Å². The van der Waals surface area contributed by atoms with Crippen molar-refractivity contribution in [2.75, 3.05) is 13.1 Å². The number of amides is 2. The highest BCUT2D eigenvalue weighted by Crippen LogP contribution is 2.19. The second-order valence-corrected chi connectivity index (χ2v) is 5.84. The molecule has 1 aliphatic heterocycles. The van der Waals surface area contributed by atoms with Gasteiger partial charge in [0.05, 0.1) is 6.04 Å². The minimum Gasteiger partial charge on any atom is -0.476 e. The SMILES string of the molecule is CC(NC(=O)N1CCCCCC1)c1nc(C(=O)O)cs1. The van der Waals surface area contributed by atoms with Crippen LogP contribution in [0.15, 0.2) is 5.38 Å². The number of hydrogen-bond donors (Lipinski definition) is 2. The summed E-state index contributed by atoms with van der Waals surface area (Å²) < 4.78 is 0. The number of aromatic nitrogens is 1. The van der Waals surface area contributed by atoms with Crippen LogP contribution in [0, 0.1) is 0 Å². The van der Waals surface area contributed by atoms with Crippen molar-refractivity contribution in [3.8, 4) is 0 Å². The second-order valence-electron chi connectivity index (χ2n) is 4.95. The zero-order chi connectivity index (χ0) is 14.5. The average molecular weight is 297 g/mol. The Morgan fingerprint density at radius 2 is 2.00 bits per heavy atom. The van der Waals surface area contributed by atoms with Gasteiger partial charge in [-0.3, -0.25) is 0 Å². The zero-order valence-electron chi connectivity index (χ0n) is 11.5. The Hall–Kier alpha value is -1.63. The van der Waals surface area contributed by atoms with E-state index < -0.39 is 5.97 Å². The monoisotopic (exact) mass is 297 g/mol. The third-order valence-corrected chi connectivity index (χ3v) is 4.37. The second kappa shape index (κ2) is 6.69. The van der Waals surface area contributed by atoms with Crippen LogP contribution in [0.1, 0.15) is 54.1 Å². The van der Waals surface area contributed by atoms with E-state index in [1.165, 1.54) is 29.6 Å². The first-order valence-electron chi connectivity index (χ1n) is 6.82. The lowest BCUT2D eigenvalue weighted by atomic mass is 10.2. The average Bonchev–Trinajstić information content (AvgIpc) is 2.75. The standard InChI is InChI=1S/C13H19N3O3S/c1-9(11-15-10(8-20-11)12(17)18)14-13(19)16-6-4-2-3-5-7-16/h8-9H,2-7H2,1H3,(H,14,19)(H,17,18). The Morgan fingerprint density at radius 3 is 2.55 bits per heavy atom. The molecule has 1 aromatic heterocycles. The quantitative estimate of drug-likeness (QED) is 0.898. The van der Waals surface area contributed by atoms with Crippen LogP contribution >= 0.6 is 11.3 Å². The molecular formula is C13H19N3O3S. The number of likely N-dealkylation sites (tertiary alicyclic amines) is 1. The first-order valence-corrected chi connectivity index (χ1v) is 7.70. The van der Waals surface area contributed by atoms with Crippen molar-refractivity contribution in [1.82, 2.24) is 15.2 Å². The molecule has 1 unspecified atom stereocenters. The summed E-state index contributed by atoms with van der Waals surface area (Å²) in [7, 11) is 0. The Labute approximate surface area is 121 Å². The van der Waals surface area contributed by atoms with E-state index in [0.717, 1.165) is 25.9 Å². The van der Waals surface area contributed by atoms with E-state index in [2.05, 4.69) is 10.3 Å². The number of carboxylic acids is 1. The lowest BCUT2D eigenvalue weighted by molar-refractivity contribution is 0.0691. The lowest BCUT2D eigenvalue weighted by Gasteiger charge is -2.22. The Kier molecular flexibility index (Phi) is 4.94. The number of nitrogens with one attached hydrogen (secondary N) is 1. The minimum absolute atomic E-state index is 0.0286. The molecule has 2 rings (SSSR count). The molecule has 0 bridgehead atoms. The van der Waals surface area contributed by atoms with Gasteiger partial charge in [-0.25, -0.2) is 14.6 Å². The minimum atomic E-state index is -1.04. The maximum atomic E-state index is 12.2. The number of carboxylic acid groups (broad SMARTS) is 1. The van der Waals surface area contributed by atoms with E-state index in [1.54, 1.807) is 0 Å². The summed E-state index contributed by atoms with van der Waals surface area (Å²) in [5.74, 6) is -1.04. The van der Waals surface area contributed by atoms with Crippen molar-refractivity contribution in [1.29, 1.82) is 0 Å². The van der Waals surface area contributed by atoms with E-state index >= 15 is 0 Å². The van der Waals surface area contributed by atoms with Crippen molar-refractivity contribution >= 4 is 23.3 Å². The molecule has 0 aliphatic carbocycles. The third-order valence-electron chi connectivity index (χ3n) is 3.34. The Balaban J connectivity index is 1.93. The lowest BCUT2D eigenvalue weighted by Crippen LogP contribution is -2.41. The molecule has 1 atom stereocenters. The van der Waals surface area contributed by atoms with Crippen molar-refractivity contribution in [2.24, 2.45) is 0 Å². The molecule has 110 valence electrons. The summed E-state index contributed by atoms with van der Waals surface area (Å²) in [6.07, 6.45) is 4.44. The third kappa shape index (κ3) is 3.69. The van der Waals surface area contributed by atoms with Crippen LogP contribution in [-0.2, 0) is 0 Å². The molecule has 1 aromatic rings.